The molecular weight excluding hydrogens is 196 g/mol. The van der Waals surface area contributed by atoms with Crippen molar-refractivity contribution >= 4 is 6.41 Å². The molecule has 0 N–H and O–H groups in total. The number of ether oxygens (including phenoxy) is 2. The highest BCUT2D eigenvalue weighted by atomic mass is 16.6. The lowest BCUT2D eigenvalue weighted by atomic mass is 10.1. The van der Waals surface area contributed by atoms with E-state index in [-0.39, 0.29) is 12.1 Å². The molecule has 2 unspecified atom stereocenters. The van der Waals surface area contributed by atoms with Gasteiger partial charge in [-0.3, -0.25) is 9.69 Å². The van der Waals surface area contributed by atoms with Crippen LogP contribution in [0.25, 0.3) is 0 Å². The van der Waals surface area contributed by atoms with Crippen LogP contribution in [-0.4, -0.2) is 74.9 Å². The quantitative estimate of drug-likeness (QED) is 0.563. The van der Waals surface area contributed by atoms with E-state index < -0.39 is 0 Å². The number of likely N-dealkylation sites (N-methyl/N-ethyl adjacent to an activating group) is 1. The summed E-state index contributed by atoms with van der Waals surface area (Å²) in [4.78, 5) is 14.8. The first-order chi connectivity index (χ1) is 7.31. The summed E-state index contributed by atoms with van der Waals surface area (Å²) in [6, 6.07) is 0.268. The van der Waals surface area contributed by atoms with Crippen LogP contribution < -0.4 is 0 Å². The second kappa shape index (κ2) is 4.92. The van der Waals surface area contributed by atoms with Gasteiger partial charge in [0.2, 0.25) is 6.41 Å². The van der Waals surface area contributed by atoms with Gasteiger partial charge in [-0.2, -0.15) is 0 Å². The van der Waals surface area contributed by atoms with E-state index >= 15 is 0 Å². The lowest BCUT2D eigenvalue weighted by Crippen LogP contribution is -2.58. The minimum absolute atomic E-state index is 0.103. The molecule has 86 valence electrons. The number of rotatable bonds is 2. The summed E-state index contributed by atoms with van der Waals surface area (Å²) in [5.41, 5.74) is 0. The molecule has 0 saturated carbocycles. The van der Waals surface area contributed by atoms with Crippen LogP contribution in [0.4, 0.5) is 0 Å². The molecule has 0 aromatic heterocycles. The number of carbonyl (C=O) groups excluding carboxylic acids is 1. The van der Waals surface area contributed by atoms with Gasteiger partial charge in [0, 0.05) is 19.6 Å². The fraction of sp³-hybridized carbons (Fsp3) is 0.900. The first-order valence-corrected chi connectivity index (χ1v) is 5.40. The number of carbonyl (C=O) groups is 1. The van der Waals surface area contributed by atoms with Crippen LogP contribution >= 0.6 is 0 Å². The fourth-order valence-electron chi connectivity index (χ4n) is 2.15. The molecule has 0 aliphatic carbocycles. The molecule has 2 saturated heterocycles. The van der Waals surface area contributed by atoms with E-state index in [1.165, 1.54) is 0 Å². The predicted octanol–water partition coefficient (Wildman–Crippen LogP) is -0.826. The lowest BCUT2D eigenvalue weighted by Gasteiger charge is -2.42. The Labute approximate surface area is 89.9 Å². The summed E-state index contributed by atoms with van der Waals surface area (Å²) in [6.07, 6.45) is 1.02. The normalized spacial score (nSPS) is 34.1. The van der Waals surface area contributed by atoms with Crippen LogP contribution in [0.2, 0.25) is 0 Å². The van der Waals surface area contributed by atoms with Crippen LogP contribution in [0.1, 0.15) is 0 Å². The van der Waals surface area contributed by atoms with E-state index in [1.807, 2.05) is 4.90 Å². The minimum atomic E-state index is 0.103. The molecule has 15 heavy (non-hydrogen) atoms. The molecule has 2 aliphatic rings. The zero-order valence-electron chi connectivity index (χ0n) is 9.09. The Kier molecular flexibility index (Phi) is 3.56. The van der Waals surface area contributed by atoms with Gasteiger partial charge in [0.1, 0.15) is 0 Å². The third kappa shape index (κ3) is 2.48. The summed E-state index contributed by atoms with van der Waals surface area (Å²) in [7, 11) is 2.07. The van der Waals surface area contributed by atoms with Gasteiger partial charge in [-0.25, -0.2) is 0 Å². The van der Waals surface area contributed by atoms with Crippen molar-refractivity contribution < 1.29 is 14.3 Å². The average Bonchev–Trinajstić information content (AvgIpc) is 2.31. The summed E-state index contributed by atoms with van der Waals surface area (Å²) < 4.78 is 11.1. The minimum Gasteiger partial charge on any atom is -0.376 e. The van der Waals surface area contributed by atoms with Gasteiger partial charge in [-0.15, -0.1) is 0 Å². The molecule has 2 atom stereocenters. The van der Waals surface area contributed by atoms with Gasteiger partial charge in [0.15, 0.2) is 0 Å². The van der Waals surface area contributed by atoms with Crippen molar-refractivity contribution in [2.75, 3.05) is 46.5 Å². The van der Waals surface area contributed by atoms with Gasteiger partial charge in [0.05, 0.1) is 32.0 Å². The van der Waals surface area contributed by atoms with Gasteiger partial charge in [0.25, 0.3) is 0 Å². The topological polar surface area (TPSA) is 42.0 Å². The maximum atomic E-state index is 10.7. The second-order valence-electron chi connectivity index (χ2n) is 4.13. The first kappa shape index (κ1) is 10.9. The monoisotopic (exact) mass is 214 g/mol. The fourth-order valence-corrected chi connectivity index (χ4v) is 2.15. The third-order valence-electron chi connectivity index (χ3n) is 3.15. The molecule has 1 amide bonds. The largest absolute Gasteiger partial charge is 0.376 e. The Morgan fingerprint density at radius 3 is 2.87 bits per heavy atom. The molecule has 0 aromatic rings. The number of piperazine rings is 1. The van der Waals surface area contributed by atoms with Crippen molar-refractivity contribution in [2.45, 2.75) is 12.1 Å². The SMILES string of the molecule is CN1CCN(C=O)CC1C1COCCO1. The summed E-state index contributed by atoms with van der Waals surface area (Å²) in [5.74, 6) is 0. The Morgan fingerprint density at radius 2 is 2.20 bits per heavy atom. The van der Waals surface area contributed by atoms with Crippen LogP contribution in [0.5, 0.6) is 0 Å². The van der Waals surface area contributed by atoms with Crippen LogP contribution in [-0.2, 0) is 14.3 Å². The van der Waals surface area contributed by atoms with Gasteiger partial charge < -0.3 is 14.4 Å². The smallest absolute Gasteiger partial charge is 0.209 e. The van der Waals surface area contributed by atoms with Crippen molar-refractivity contribution in [3.05, 3.63) is 0 Å². The molecule has 0 bridgehead atoms. The van der Waals surface area contributed by atoms with Gasteiger partial charge in [-0.1, -0.05) is 0 Å². The van der Waals surface area contributed by atoms with E-state index in [9.17, 15) is 4.79 Å². The molecule has 2 fully saturated rings. The molecule has 2 heterocycles. The van der Waals surface area contributed by atoms with Crippen LogP contribution in [0.15, 0.2) is 0 Å². The molecule has 5 nitrogen and oxygen atoms in total. The van der Waals surface area contributed by atoms with Crippen LogP contribution in [0.3, 0.4) is 0 Å². The van der Waals surface area contributed by atoms with Gasteiger partial charge >= 0.3 is 0 Å². The highest BCUT2D eigenvalue weighted by molar-refractivity contribution is 5.47. The predicted molar refractivity (Wildman–Crippen MR) is 54.6 cm³/mol. The standard InChI is InChI=1S/C10H18N2O3/c1-11-2-3-12(8-13)6-9(11)10-7-14-4-5-15-10/h8-10H,2-7H2,1H3. The average molecular weight is 214 g/mol. The zero-order valence-corrected chi connectivity index (χ0v) is 9.09. The van der Waals surface area contributed by atoms with E-state index in [0.717, 1.165) is 26.0 Å². The van der Waals surface area contributed by atoms with Crippen molar-refractivity contribution in [3.63, 3.8) is 0 Å². The molecule has 0 spiro atoms. The van der Waals surface area contributed by atoms with Crippen molar-refractivity contribution in [1.29, 1.82) is 0 Å². The number of nitrogens with zero attached hydrogens (tertiary/aromatic N) is 2. The third-order valence-corrected chi connectivity index (χ3v) is 3.15. The maximum Gasteiger partial charge on any atom is 0.209 e. The van der Waals surface area contributed by atoms with E-state index in [1.54, 1.807) is 0 Å². The Morgan fingerprint density at radius 1 is 1.33 bits per heavy atom. The summed E-state index contributed by atoms with van der Waals surface area (Å²) >= 11 is 0. The van der Waals surface area contributed by atoms with Crippen molar-refractivity contribution in [3.8, 4) is 0 Å². The van der Waals surface area contributed by atoms with Crippen LogP contribution in [0, 0.1) is 0 Å². The highest BCUT2D eigenvalue weighted by Crippen LogP contribution is 2.15. The Hall–Kier alpha value is -0.650. The molecule has 2 aliphatic heterocycles. The molecule has 2 rings (SSSR count). The van der Waals surface area contributed by atoms with E-state index in [4.69, 9.17) is 9.47 Å². The first-order valence-electron chi connectivity index (χ1n) is 5.40. The molecule has 5 heteroatoms. The maximum absolute atomic E-state index is 10.7. The summed E-state index contributed by atoms with van der Waals surface area (Å²) in [6.45, 7) is 4.45. The highest BCUT2D eigenvalue weighted by Gasteiger charge is 2.32. The molecule has 0 aromatic carbocycles. The van der Waals surface area contributed by atoms with E-state index in [2.05, 4.69) is 11.9 Å². The molecular formula is C10H18N2O3. The zero-order chi connectivity index (χ0) is 10.7. The second-order valence-corrected chi connectivity index (χ2v) is 4.13. The van der Waals surface area contributed by atoms with E-state index in [0.29, 0.717) is 19.8 Å². The Bertz CT molecular complexity index is 219. The Balaban J connectivity index is 1.94. The summed E-state index contributed by atoms with van der Waals surface area (Å²) in [5, 5.41) is 0. The number of amides is 1. The lowest BCUT2D eigenvalue weighted by molar-refractivity contribution is -0.136. The van der Waals surface area contributed by atoms with Crippen molar-refractivity contribution in [1.82, 2.24) is 9.80 Å². The van der Waals surface area contributed by atoms with Crippen molar-refractivity contribution in [2.24, 2.45) is 0 Å². The number of hydrogen-bond donors (Lipinski definition) is 0. The molecule has 0 radical (unpaired) electrons. The number of hydrogen-bond acceptors (Lipinski definition) is 4. The van der Waals surface area contributed by atoms with Gasteiger partial charge in [-0.05, 0) is 7.05 Å².